The molecule has 2 aromatic heterocycles. The number of aromatic nitrogens is 3. The maximum absolute atomic E-state index is 12.7. The van der Waals surface area contributed by atoms with E-state index in [9.17, 15) is 8.78 Å². The molecule has 0 N–H and O–H groups in total. The average Bonchev–Trinajstić information content (AvgIpc) is 2.70. The van der Waals surface area contributed by atoms with Crippen LogP contribution in [0.15, 0.2) is 18.3 Å². The van der Waals surface area contributed by atoms with Crippen LogP contribution in [0.3, 0.4) is 0 Å². The first-order valence-corrected chi connectivity index (χ1v) is 5.85. The van der Waals surface area contributed by atoms with Gasteiger partial charge < -0.3 is 4.74 Å². The molecule has 0 saturated heterocycles. The fourth-order valence-corrected chi connectivity index (χ4v) is 2.21. The van der Waals surface area contributed by atoms with Crippen molar-refractivity contribution in [1.29, 1.82) is 0 Å². The van der Waals surface area contributed by atoms with Crippen LogP contribution in [0, 0.1) is 12.8 Å². The van der Waals surface area contributed by atoms with Gasteiger partial charge in [-0.1, -0.05) is 0 Å². The van der Waals surface area contributed by atoms with Gasteiger partial charge in [-0.2, -0.15) is 9.61 Å². The van der Waals surface area contributed by atoms with E-state index < -0.39 is 5.92 Å². The van der Waals surface area contributed by atoms with Crippen molar-refractivity contribution in [3.8, 4) is 5.88 Å². The van der Waals surface area contributed by atoms with Crippen LogP contribution in [0.4, 0.5) is 8.78 Å². The Morgan fingerprint density at radius 2 is 2.28 bits per heavy atom. The van der Waals surface area contributed by atoms with E-state index in [0.29, 0.717) is 18.1 Å². The Kier molecular flexibility index (Phi) is 2.46. The summed E-state index contributed by atoms with van der Waals surface area (Å²) < 4.78 is 32.6. The van der Waals surface area contributed by atoms with E-state index in [0.717, 1.165) is 5.69 Å². The van der Waals surface area contributed by atoms with E-state index >= 15 is 0 Å². The fourth-order valence-electron chi connectivity index (χ4n) is 2.21. The van der Waals surface area contributed by atoms with Gasteiger partial charge >= 0.3 is 0 Å². The SMILES string of the molecule is Cc1cc(OCC2CC(F)(F)C2)n2nccc2n1. The minimum atomic E-state index is -2.50. The van der Waals surface area contributed by atoms with Gasteiger partial charge in [-0.25, -0.2) is 13.8 Å². The van der Waals surface area contributed by atoms with Crippen molar-refractivity contribution >= 4 is 5.65 Å². The maximum Gasteiger partial charge on any atom is 0.248 e. The summed E-state index contributed by atoms with van der Waals surface area (Å²) in [7, 11) is 0. The molecule has 0 bridgehead atoms. The van der Waals surface area contributed by atoms with Crippen molar-refractivity contribution in [2.24, 2.45) is 5.92 Å². The summed E-state index contributed by atoms with van der Waals surface area (Å²) in [5.41, 5.74) is 1.51. The number of rotatable bonds is 3. The smallest absolute Gasteiger partial charge is 0.248 e. The highest BCUT2D eigenvalue weighted by atomic mass is 19.3. The van der Waals surface area contributed by atoms with Crippen molar-refractivity contribution in [3.05, 3.63) is 24.0 Å². The second-order valence-electron chi connectivity index (χ2n) is 4.78. The molecule has 96 valence electrons. The van der Waals surface area contributed by atoms with Crippen LogP contribution < -0.4 is 4.74 Å². The fraction of sp³-hybridized carbons (Fsp3) is 0.500. The van der Waals surface area contributed by atoms with Crippen molar-refractivity contribution in [2.45, 2.75) is 25.7 Å². The van der Waals surface area contributed by atoms with Crippen molar-refractivity contribution < 1.29 is 13.5 Å². The van der Waals surface area contributed by atoms with Crippen LogP contribution in [-0.2, 0) is 0 Å². The lowest BCUT2D eigenvalue weighted by Gasteiger charge is -2.34. The Bertz CT molecular complexity index is 574. The van der Waals surface area contributed by atoms with Gasteiger partial charge in [0.15, 0.2) is 5.65 Å². The Hall–Kier alpha value is -1.72. The number of hydrogen-bond acceptors (Lipinski definition) is 3. The zero-order chi connectivity index (χ0) is 12.8. The zero-order valence-electron chi connectivity index (χ0n) is 9.94. The van der Waals surface area contributed by atoms with Crippen LogP contribution in [-0.4, -0.2) is 27.1 Å². The van der Waals surface area contributed by atoms with Gasteiger partial charge in [0.05, 0.1) is 12.8 Å². The summed E-state index contributed by atoms with van der Waals surface area (Å²) >= 11 is 0. The second kappa shape index (κ2) is 3.90. The molecule has 0 aromatic carbocycles. The third kappa shape index (κ3) is 2.02. The van der Waals surface area contributed by atoms with Gasteiger partial charge in [0, 0.05) is 36.6 Å². The van der Waals surface area contributed by atoms with Crippen LogP contribution in [0.5, 0.6) is 5.88 Å². The molecule has 4 nitrogen and oxygen atoms in total. The highest BCUT2D eigenvalue weighted by Gasteiger charge is 2.45. The van der Waals surface area contributed by atoms with Crippen LogP contribution >= 0.6 is 0 Å². The van der Waals surface area contributed by atoms with Gasteiger partial charge in [-0.3, -0.25) is 0 Å². The summed E-state index contributed by atoms with van der Waals surface area (Å²) in [6.45, 7) is 2.16. The lowest BCUT2D eigenvalue weighted by molar-refractivity contribution is -0.119. The van der Waals surface area contributed by atoms with Crippen molar-refractivity contribution in [1.82, 2.24) is 14.6 Å². The summed E-state index contributed by atoms with van der Waals surface area (Å²) in [4.78, 5) is 4.28. The van der Waals surface area contributed by atoms with E-state index in [1.165, 1.54) is 0 Å². The number of aryl methyl sites for hydroxylation is 1. The maximum atomic E-state index is 12.7. The van der Waals surface area contributed by atoms with Crippen LogP contribution in [0.2, 0.25) is 0 Å². The van der Waals surface area contributed by atoms with Gasteiger partial charge in [0.25, 0.3) is 0 Å². The first kappa shape index (κ1) is 11.4. The first-order chi connectivity index (χ1) is 8.53. The number of halogens is 2. The lowest BCUT2D eigenvalue weighted by Crippen LogP contribution is -2.38. The monoisotopic (exact) mass is 253 g/mol. The third-order valence-electron chi connectivity index (χ3n) is 3.10. The molecule has 0 amide bonds. The number of ether oxygens (including phenoxy) is 1. The van der Waals surface area contributed by atoms with E-state index in [1.807, 2.05) is 6.92 Å². The summed E-state index contributed by atoms with van der Waals surface area (Å²) in [6.07, 6.45) is 1.46. The summed E-state index contributed by atoms with van der Waals surface area (Å²) in [6, 6.07) is 3.54. The predicted octanol–water partition coefficient (Wildman–Crippen LogP) is 2.46. The molecule has 2 heterocycles. The number of nitrogens with zero attached hydrogens (tertiary/aromatic N) is 3. The van der Waals surface area contributed by atoms with E-state index in [-0.39, 0.29) is 18.8 Å². The minimum absolute atomic E-state index is 0.0703. The van der Waals surface area contributed by atoms with Gasteiger partial charge in [-0.05, 0) is 6.92 Å². The van der Waals surface area contributed by atoms with E-state index in [1.54, 1.807) is 22.8 Å². The lowest BCUT2D eigenvalue weighted by atomic mass is 9.82. The Balaban J connectivity index is 1.73. The molecule has 0 unspecified atom stereocenters. The summed E-state index contributed by atoms with van der Waals surface area (Å²) in [5.74, 6) is -2.01. The quantitative estimate of drug-likeness (QED) is 0.843. The third-order valence-corrected chi connectivity index (χ3v) is 3.10. The molecule has 18 heavy (non-hydrogen) atoms. The highest BCUT2D eigenvalue weighted by molar-refractivity contribution is 5.40. The molecule has 0 atom stereocenters. The molecule has 3 rings (SSSR count). The summed E-state index contributed by atoms with van der Waals surface area (Å²) in [5, 5.41) is 4.09. The molecule has 1 aliphatic rings. The Labute approximate surface area is 103 Å². The topological polar surface area (TPSA) is 39.4 Å². The molecular formula is C12H13F2N3O. The zero-order valence-corrected chi connectivity index (χ0v) is 9.94. The molecule has 6 heteroatoms. The minimum Gasteiger partial charge on any atom is -0.477 e. The second-order valence-corrected chi connectivity index (χ2v) is 4.78. The van der Waals surface area contributed by atoms with Gasteiger partial charge in [0.2, 0.25) is 11.8 Å². The molecule has 2 aromatic rings. The molecule has 0 aliphatic heterocycles. The molecular weight excluding hydrogens is 240 g/mol. The number of fused-ring (bicyclic) bond motifs is 1. The molecule has 1 fully saturated rings. The predicted molar refractivity (Wildman–Crippen MR) is 60.9 cm³/mol. The van der Waals surface area contributed by atoms with Gasteiger partial charge in [0.1, 0.15) is 0 Å². The number of alkyl halides is 2. The largest absolute Gasteiger partial charge is 0.477 e. The standard InChI is InChI=1S/C12H13F2N3O/c1-8-4-11(17-10(16-8)2-3-15-17)18-7-9-5-12(13,14)6-9/h2-4,9H,5-7H2,1H3. The van der Waals surface area contributed by atoms with Crippen LogP contribution in [0.1, 0.15) is 18.5 Å². The molecule has 0 spiro atoms. The van der Waals surface area contributed by atoms with Crippen molar-refractivity contribution in [2.75, 3.05) is 6.61 Å². The molecule has 1 saturated carbocycles. The average molecular weight is 253 g/mol. The van der Waals surface area contributed by atoms with E-state index in [4.69, 9.17) is 4.74 Å². The van der Waals surface area contributed by atoms with Crippen molar-refractivity contribution in [3.63, 3.8) is 0 Å². The molecule has 1 aliphatic carbocycles. The normalized spacial score (nSPS) is 18.8. The van der Waals surface area contributed by atoms with E-state index in [2.05, 4.69) is 10.1 Å². The van der Waals surface area contributed by atoms with Gasteiger partial charge in [-0.15, -0.1) is 0 Å². The Morgan fingerprint density at radius 3 is 3.00 bits per heavy atom. The highest BCUT2D eigenvalue weighted by Crippen LogP contribution is 2.42. The van der Waals surface area contributed by atoms with Crippen LogP contribution in [0.25, 0.3) is 5.65 Å². The first-order valence-electron chi connectivity index (χ1n) is 5.85. The number of hydrogen-bond donors (Lipinski definition) is 0. The molecule has 0 radical (unpaired) electrons. The Morgan fingerprint density at radius 1 is 1.50 bits per heavy atom.